The first-order valence-corrected chi connectivity index (χ1v) is 9.85. The van der Waals surface area contributed by atoms with E-state index >= 15 is 0 Å². The zero-order valence-electron chi connectivity index (χ0n) is 14.9. The van der Waals surface area contributed by atoms with Gasteiger partial charge in [0, 0.05) is 49.0 Å². The Morgan fingerprint density at radius 2 is 2.15 bits per heavy atom. The summed E-state index contributed by atoms with van der Waals surface area (Å²) in [6, 6.07) is 3.91. The van der Waals surface area contributed by atoms with Gasteiger partial charge in [0.05, 0.1) is 30.6 Å². The number of hydrogen-bond acceptors (Lipinski definition) is 6. The van der Waals surface area contributed by atoms with Gasteiger partial charge in [-0.3, -0.25) is 9.88 Å². The van der Waals surface area contributed by atoms with E-state index < -0.39 is 0 Å². The molecule has 0 N–H and O–H groups in total. The van der Waals surface area contributed by atoms with Gasteiger partial charge < -0.3 is 9.30 Å². The molecule has 0 spiro atoms. The van der Waals surface area contributed by atoms with E-state index in [1.54, 1.807) is 18.4 Å². The summed E-state index contributed by atoms with van der Waals surface area (Å²) in [5, 5.41) is 2.10. The van der Waals surface area contributed by atoms with Crippen molar-refractivity contribution in [3.8, 4) is 5.75 Å². The van der Waals surface area contributed by atoms with Gasteiger partial charge in [-0.05, 0) is 25.5 Å². The van der Waals surface area contributed by atoms with Crippen molar-refractivity contribution in [2.24, 2.45) is 0 Å². The highest BCUT2D eigenvalue weighted by Gasteiger charge is 2.25. The Bertz CT molecular complexity index is 832. The van der Waals surface area contributed by atoms with Crippen LogP contribution in [0.25, 0.3) is 0 Å². The second-order valence-corrected chi connectivity index (χ2v) is 7.37. The highest BCUT2D eigenvalue weighted by molar-refractivity contribution is 7.07. The zero-order valence-corrected chi connectivity index (χ0v) is 15.7. The fraction of sp³-hybridized carbons (Fsp3) is 0.421. The number of hydrogen-bond donors (Lipinski definition) is 0. The molecule has 0 amide bonds. The molecule has 4 heterocycles. The number of imidazole rings is 1. The normalized spacial score (nSPS) is 18.1. The smallest absolute Gasteiger partial charge is 0.122 e. The van der Waals surface area contributed by atoms with Gasteiger partial charge in [-0.15, -0.1) is 11.3 Å². The molecular weight excluding hydrogens is 346 g/mol. The average Bonchev–Trinajstić information content (AvgIpc) is 3.34. The Hall–Kier alpha value is -2.25. The number of ether oxygens (including phenoxy) is 1. The van der Waals surface area contributed by atoms with Crippen LogP contribution in [0.3, 0.4) is 0 Å². The number of thiazole rings is 1. The molecule has 1 aliphatic heterocycles. The highest BCUT2D eigenvalue weighted by atomic mass is 32.1. The summed E-state index contributed by atoms with van der Waals surface area (Å²) in [5.41, 5.74) is 4.04. The molecule has 0 aromatic carbocycles. The summed E-state index contributed by atoms with van der Waals surface area (Å²) in [6.45, 7) is 3.75. The topological polar surface area (TPSA) is 56.1 Å². The van der Waals surface area contributed by atoms with Crippen LogP contribution in [0.5, 0.6) is 5.75 Å². The number of pyridine rings is 1. The summed E-state index contributed by atoms with van der Waals surface area (Å²) in [5.74, 6) is 2.48. The van der Waals surface area contributed by atoms with Gasteiger partial charge in [0.2, 0.25) is 0 Å². The molecule has 6 nitrogen and oxygen atoms in total. The first kappa shape index (κ1) is 17.2. The van der Waals surface area contributed by atoms with Crippen LogP contribution < -0.4 is 4.74 Å². The monoisotopic (exact) mass is 369 g/mol. The van der Waals surface area contributed by atoms with E-state index in [0.29, 0.717) is 5.92 Å². The second kappa shape index (κ2) is 7.97. The van der Waals surface area contributed by atoms with Gasteiger partial charge in [-0.2, -0.15) is 0 Å². The van der Waals surface area contributed by atoms with Gasteiger partial charge >= 0.3 is 0 Å². The van der Waals surface area contributed by atoms with Crippen LogP contribution in [-0.4, -0.2) is 44.6 Å². The Labute approximate surface area is 157 Å². The maximum atomic E-state index is 5.31. The van der Waals surface area contributed by atoms with Crippen molar-refractivity contribution < 1.29 is 4.74 Å². The lowest BCUT2D eigenvalue weighted by atomic mass is 9.97. The molecule has 0 radical (unpaired) electrons. The van der Waals surface area contributed by atoms with Crippen molar-refractivity contribution in [1.29, 1.82) is 0 Å². The van der Waals surface area contributed by atoms with Crippen LogP contribution in [-0.2, 0) is 13.1 Å². The largest absolute Gasteiger partial charge is 0.497 e. The van der Waals surface area contributed by atoms with Crippen molar-refractivity contribution in [1.82, 2.24) is 24.4 Å². The molecule has 0 saturated carbocycles. The van der Waals surface area contributed by atoms with Crippen molar-refractivity contribution in [3.63, 3.8) is 0 Å². The van der Waals surface area contributed by atoms with Gasteiger partial charge in [-0.25, -0.2) is 9.97 Å². The summed E-state index contributed by atoms with van der Waals surface area (Å²) < 4.78 is 7.56. The van der Waals surface area contributed by atoms with Crippen molar-refractivity contribution >= 4 is 11.3 Å². The molecule has 0 aliphatic carbocycles. The van der Waals surface area contributed by atoms with Gasteiger partial charge in [-0.1, -0.05) is 0 Å². The third-order valence-electron chi connectivity index (χ3n) is 4.84. The lowest BCUT2D eigenvalue weighted by molar-refractivity contribution is 0.192. The standard InChI is InChI=1S/C19H23N5OS/c1-25-18-4-5-20-16(9-18)11-23-7-2-3-15(10-23)19-21-6-8-24(19)12-17-13-26-14-22-17/h4-6,8-9,13-15H,2-3,7,10-12H2,1H3/t15-/m0/s1. The molecular formula is C19H23N5OS. The Balaban J connectivity index is 1.44. The lowest BCUT2D eigenvalue weighted by Gasteiger charge is -2.32. The van der Waals surface area contributed by atoms with Crippen molar-refractivity contribution in [3.05, 3.63) is 58.8 Å². The number of piperidine rings is 1. The number of rotatable bonds is 6. The van der Waals surface area contributed by atoms with E-state index in [0.717, 1.165) is 43.3 Å². The number of aromatic nitrogens is 4. The molecule has 4 rings (SSSR count). The predicted octanol–water partition coefficient (Wildman–Crippen LogP) is 3.17. The van der Waals surface area contributed by atoms with Gasteiger partial charge in [0.1, 0.15) is 11.6 Å². The minimum Gasteiger partial charge on any atom is -0.497 e. The van der Waals surface area contributed by atoms with Crippen LogP contribution in [0.15, 0.2) is 41.6 Å². The Morgan fingerprint density at radius 3 is 3.00 bits per heavy atom. The minimum absolute atomic E-state index is 0.447. The molecule has 3 aromatic rings. The van der Waals surface area contributed by atoms with Gasteiger partial charge in [0.15, 0.2) is 0 Å². The molecule has 1 atom stereocenters. The van der Waals surface area contributed by atoms with E-state index in [1.807, 2.05) is 30.0 Å². The van der Waals surface area contributed by atoms with Crippen LogP contribution in [0.1, 0.15) is 36.0 Å². The summed E-state index contributed by atoms with van der Waals surface area (Å²) >= 11 is 1.64. The van der Waals surface area contributed by atoms with Crippen LogP contribution in [0.4, 0.5) is 0 Å². The number of nitrogens with zero attached hydrogens (tertiary/aromatic N) is 5. The highest BCUT2D eigenvalue weighted by Crippen LogP contribution is 2.27. The second-order valence-electron chi connectivity index (χ2n) is 6.65. The van der Waals surface area contributed by atoms with Crippen LogP contribution in [0.2, 0.25) is 0 Å². The summed E-state index contributed by atoms with van der Waals surface area (Å²) in [4.78, 5) is 16.0. The Morgan fingerprint density at radius 1 is 1.19 bits per heavy atom. The average molecular weight is 369 g/mol. The van der Waals surface area contributed by atoms with Crippen molar-refractivity contribution in [2.75, 3.05) is 20.2 Å². The SMILES string of the molecule is COc1ccnc(CN2CCC[C@H](c3nccn3Cc3cscn3)C2)c1. The molecule has 1 aliphatic rings. The molecule has 3 aromatic heterocycles. The molecule has 1 fully saturated rings. The molecule has 1 saturated heterocycles. The number of methoxy groups -OCH3 is 1. The maximum Gasteiger partial charge on any atom is 0.122 e. The third kappa shape index (κ3) is 3.94. The molecule has 136 valence electrons. The minimum atomic E-state index is 0.447. The Kier molecular flexibility index (Phi) is 5.26. The maximum absolute atomic E-state index is 5.31. The fourth-order valence-corrected chi connectivity index (χ4v) is 4.16. The van der Waals surface area contributed by atoms with E-state index in [-0.39, 0.29) is 0 Å². The molecule has 0 unspecified atom stereocenters. The summed E-state index contributed by atoms with van der Waals surface area (Å²) in [6.07, 6.45) is 8.14. The van der Waals surface area contributed by atoms with Crippen molar-refractivity contribution in [2.45, 2.75) is 31.8 Å². The van der Waals surface area contributed by atoms with Crippen LogP contribution >= 0.6 is 11.3 Å². The zero-order chi connectivity index (χ0) is 17.8. The first-order valence-electron chi connectivity index (χ1n) is 8.91. The fourth-order valence-electron chi connectivity index (χ4n) is 3.61. The third-order valence-corrected chi connectivity index (χ3v) is 5.48. The molecule has 0 bridgehead atoms. The molecule has 7 heteroatoms. The molecule has 26 heavy (non-hydrogen) atoms. The number of likely N-dealkylation sites (tertiary alicyclic amines) is 1. The quantitative estimate of drug-likeness (QED) is 0.668. The van der Waals surface area contributed by atoms with E-state index in [2.05, 4.69) is 36.0 Å². The van der Waals surface area contributed by atoms with Crippen LogP contribution in [0, 0.1) is 0 Å². The van der Waals surface area contributed by atoms with E-state index in [4.69, 9.17) is 4.74 Å². The summed E-state index contributed by atoms with van der Waals surface area (Å²) in [7, 11) is 1.69. The van der Waals surface area contributed by atoms with E-state index in [1.165, 1.54) is 18.7 Å². The predicted molar refractivity (Wildman–Crippen MR) is 101 cm³/mol. The van der Waals surface area contributed by atoms with Gasteiger partial charge in [0.25, 0.3) is 0 Å². The van der Waals surface area contributed by atoms with E-state index in [9.17, 15) is 0 Å². The first-order chi connectivity index (χ1) is 12.8. The lowest BCUT2D eigenvalue weighted by Crippen LogP contribution is -2.35.